The van der Waals surface area contributed by atoms with Crippen LogP contribution in [0.2, 0.25) is 0 Å². The highest BCUT2D eigenvalue weighted by Crippen LogP contribution is 2.23. The lowest BCUT2D eigenvalue weighted by Crippen LogP contribution is -2.22. The lowest BCUT2D eigenvalue weighted by atomic mass is 9.54. The molecule has 0 spiro atoms. The topological polar surface area (TPSA) is 0 Å². The Kier molecular flexibility index (Phi) is 3.98. The molecule has 0 aliphatic heterocycles. The van der Waals surface area contributed by atoms with Gasteiger partial charge in [-0.1, -0.05) is 102 Å². The monoisotopic (exact) mass is 257 g/mol. The largest absolute Gasteiger partial charge is 0.216 e. The van der Waals surface area contributed by atoms with E-state index in [2.05, 4.69) is 91.0 Å². The molecule has 0 N–H and O–H groups in total. The molecule has 3 aromatic rings. The van der Waals surface area contributed by atoms with E-state index in [1.165, 1.54) is 16.6 Å². The minimum Gasteiger partial charge on any atom is -0.216 e. The fourth-order valence-electron chi connectivity index (χ4n) is 3.07. The molecular weight excluding hydrogens is 239 g/mol. The second kappa shape index (κ2) is 6.25. The molecule has 0 fully saturated rings. The van der Waals surface area contributed by atoms with Crippen LogP contribution in [-0.4, -0.2) is 7.28 Å². The molecule has 0 aliphatic carbocycles. The second-order valence-corrected chi connectivity index (χ2v) is 5.49. The standard InChI is InChI=1S/C19H18B/c1-4-10-16(11-5-1)19(17-12-6-2-7-13-17)20-18-14-8-3-9-15-18/h1-15,19H,20H2/q-1. The Morgan fingerprint density at radius 3 is 1.35 bits per heavy atom. The molecule has 0 atom stereocenters. The van der Waals surface area contributed by atoms with Gasteiger partial charge in [-0.2, -0.15) is 0 Å². The van der Waals surface area contributed by atoms with Crippen molar-refractivity contribution in [1.82, 2.24) is 0 Å². The predicted molar refractivity (Wildman–Crippen MR) is 89.3 cm³/mol. The maximum atomic E-state index is 2.26. The van der Waals surface area contributed by atoms with Crippen molar-refractivity contribution in [3.63, 3.8) is 0 Å². The zero-order chi connectivity index (χ0) is 13.6. The Labute approximate surface area is 121 Å². The van der Waals surface area contributed by atoms with Gasteiger partial charge in [0.2, 0.25) is 0 Å². The average molecular weight is 257 g/mol. The van der Waals surface area contributed by atoms with Gasteiger partial charge in [0.1, 0.15) is 0 Å². The van der Waals surface area contributed by atoms with E-state index >= 15 is 0 Å². The summed E-state index contributed by atoms with van der Waals surface area (Å²) in [5.74, 6) is 0.541. The van der Waals surface area contributed by atoms with E-state index in [1.54, 1.807) is 0 Å². The molecule has 0 nitrogen and oxygen atoms in total. The van der Waals surface area contributed by atoms with Crippen LogP contribution < -0.4 is 5.46 Å². The van der Waals surface area contributed by atoms with E-state index in [1.807, 2.05) is 0 Å². The van der Waals surface area contributed by atoms with Crippen molar-refractivity contribution >= 4 is 12.7 Å². The third-order valence-corrected chi connectivity index (χ3v) is 4.16. The summed E-state index contributed by atoms with van der Waals surface area (Å²) >= 11 is 0. The summed E-state index contributed by atoms with van der Waals surface area (Å²) < 4.78 is 0. The highest BCUT2D eigenvalue weighted by molar-refractivity contribution is 6.55. The van der Waals surface area contributed by atoms with Gasteiger partial charge in [0.15, 0.2) is 0 Å². The smallest absolute Gasteiger partial charge is 0.00904 e. The summed E-state index contributed by atoms with van der Waals surface area (Å²) in [7, 11) is -0.251. The summed E-state index contributed by atoms with van der Waals surface area (Å²) in [6.45, 7) is 0. The second-order valence-electron chi connectivity index (χ2n) is 5.49. The summed E-state index contributed by atoms with van der Waals surface area (Å²) in [5.41, 5.74) is 4.37. The first kappa shape index (κ1) is 12.7. The summed E-state index contributed by atoms with van der Waals surface area (Å²) in [6.07, 6.45) is 0. The van der Waals surface area contributed by atoms with Crippen molar-refractivity contribution in [3.8, 4) is 0 Å². The molecule has 0 heterocycles. The van der Waals surface area contributed by atoms with Gasteiger partial charge in [-0.05, 0) is 0 Å². The van der Waals surface area contributed by atoms with Gasteiger partial charge in [-0.3, -0.25) is 0 Å². The third kappa shape index (κ3) is 3.00. The van der Waals surface area contributed by atoms with Crippen LogP contribution in [0.1, 0.15) is 16.9 Å². The molecule has 1 heteroatoms. The minimum absolute atomic E-state index is 0.251. The molecular formula is C19H18B-. The Morgan fingerprint density at radius 1 is 0.500 bits per heavy atom. The lowest BCUT2D eigenvalue weighted by Gasteiger charge is -2.24. The van der Waals surface area contributed by atoms with Crippen LogP contribution >= 0.6 is 0 Å². The predicted octanol–water partition coefficient (Wildman–Crippen LogP) is 3.27. The Morgan fingerprint density at radius 2 is 0.900 bits per heavy atom. The summed E-state index contributed by atoms with van der Waals surface area (Å²) in [5, 5.41) is 0. The molecule has 0 radical (unpaired) electrons. The highest BCUT2D eigenvalue weighted by Gasteiger charge is 2.08. The Hall–Kier alpha value is -2.28. The maximum absolute atomic E-state index is 2.26. The molecule has 0 amide bonds. The number of benzene rings is 3. The SMILES string of the molecule is [BH2-](c1ccccc1)C(c1ccccc1)c1ccccc1. The van der Waals surface area contributed by atoms with Gasteiger partial charge < -0.3 is 0 Å². The Balaban J connectivity index is 1.96. The quantitative estimate of drug-likeness (QED) is 0.629. The molecule has 20 heavy (non-hydrogen) atoms. The Bertz CT molecular complexity index is 593. The zero-order valence-corrected chi connectivity index (χ0v) is 11.7. The maximum Gasteiger partial charge on any atom is 0.00904 e. The first-order chi connectivity index (χ1) is 9.93. The van der Waals surface area contributed by atoms with Gasteiger partial charge in [0, 0.05) is 7.28 Å². The van der Waals surface area contributed by atoms with Crippen molar-refractivity contribution in [3.05, 3.63) is 102 Å². The first-order valence-corrected chi connectivity index (χ1v) is 7.39. The van der Waals surface area contributed by atoms with Crippen LogP contribution in [0, 0.1) is 0 Å². The van der Waals surface area contributed by atoms with Crippen LogP contribution in [-0.2, 0) is 0 Å². The molecule has 98 valence electrons. The van der Waals surface area contributed by atoms with Crippen LogP contribution in [0.4, 0.5) is 0 Å². The van der Waals surface area contributed by atoms with E-state index in [9.17, 15) is 0 Å². The van der Waals surface area contributed by atoms with Crippen molar-refractivity contribution < 1.29 is 0 Å². The number of rotatable bonds is 4. The third-order valence-electron chi connectivity index (χ3n) is 4.16. The zero-order valence-electron chi connectivity index (χ0n) is 11.7. The number of hydrogen-bond acceptors (Lipinski definition) is 0. The van der Waals surface area contributed by atoms with Gasteiger partial charge in [-0.15, -0.1) is 5.82 Å². The normalized spacial score (nSPS) is 10.7. The highest BCUT2D eigenvalue weighted by atomic mass is 14.1. The fourth-order valence-corrected chi connectivity index (χ4v) is 3.07. The summed E-state index contributed by atoms with van der Waals surface area (Å²) in [4.78, 5) is 0. The van der Waals surface area contributed by atoms with Crippen molar-refractivity contribution in [1.29, 1.82) is 0 Å². The van der Waals surface area contributed by atoms with Gasteiger partial charge in [-0.25, -0.2) is 5.46 Å². The van der Waals surface area contributed by atoms with Crippen molar-refractivity contribution in [2.75, 3.05) is 0 Å². The molecule has 0 saturated heterocycles. The van der Waals surface area contributed by atoms with E-state index in [-0.39, 0.29) is 7.28 Å². The molecule has 0 aromatic heterocycles. The lowest BCUT2D eigenvalue weighted by molar-refractivity contribution is 1.13. The molecule has 3 aromatic carbocycles. The minimum atomic E-state index is -0.251. The van der Waals surface area contributed by atoms with E-state index in [0.29, 0.717) is 5.82 Å². The fraction of sp³-hybridized carbons (Fsp3) is 0.0526. The average Bonchev–Trinajstić information content (AvgIpc) is 2.55. The molecule has 0 unspecified atom stereocenters. The summed E-state index contributed by atoms with van der Waals surface area (Å²) in [6, 6.07) is 32.7. The van der Waals surface area contributed by atoms with Crippen molar-refractivity contribution in [2.24, 2.45) is 0 Å². The van der Waals surface area contributed by atoms with Crippen molar-refractivity contribution in [2.45, 2.75) is 5.82 Å². The van der Waals surface area contributed by atoms with Crippen LogP contribution in [0.25, 0.3) is 0 Å². The van der Waals surface area contributed by atoms with Gasteiger partial charge in [0.25, 0.3) is 0 Å². The van der Waals surface area contributed by atoms with Gasteiger partial charge in [0.05, 0.1) is 0 Å². The van der Waals surface area contributed by atoms with Crippen LogP contribution in [0.5, 0.6) is 0 Å². The van der Waals surface area contributed by atoms with E-state index in [4.69, 9.17) is 0 Å². The molecule has 0 aliphatic rings. The molecule has 3 rings (SSSR count). The molecule has 0 saturated carbocycles. The van der Waals surface area contributed by atoms with E-state index < -0.39 is 0 Å². The van der Waals surface area contributed by atoms with Crippen LogP contribution in [0.15, 0.2) is 91.0 Å². The number of hydrogen-bond donors (Lipinski definition) is 0. The van der Waals surface area contributed by atoms with Crippen LogP contribution in [0.3, 0.4) is 0 Å². The molecule has 0 bridgehead atoms. The first-order valence-electron chi connectivity index (χ1n) is 7.39. The van der Waals surface area contributed by atoms with Gasteiger partial charge >= 0.3 is 0 Å². The van der Waals surface area contributed by atoms with E-state index in [0.717, 1.165) is 0 Å².